The lowest BCUT2D eigenvalue weighted by atomic mass is 10.1. The van der Waals surface area contributed by atoms with Crippen LogP contribution in [0.3, 0.4) is 0 Å². The molecule has 2 heterocycles. The average molecular weight is 291 g/mol. The number of anilines is 1. The zero-order valence-corrected chi connectivity index (χ0v) is 12.3. The molecule has 4 heteroatoms. The summed E-state index contributed by atoms with van der Waals surface area (Å²) in [6.45, 7) is 3.50. The van der Waals surface area contributed by atoms with Gasteiger partial charge in [-0.15, -0.1) is 0 Å². The third kappa shape index (κ3) is 2.53. The Morgan fingerprint density at radius 2 is 1.68 bits per heavy atom. The standard InChI is InChI=1S/C18H17N3O/c1-2-4-17-15(3-1)13-19-18(20-17)14-5-7-16(8-6-14)21-9-11-22-12-10-21/h1-8,13H,9-12H2. The molecule has 0 saturated carbocycles. The van der Waals surface area contributed by atoms with E-state index >= 15 is 0 Å². The number of nitrogens with zero attached hydrogens (tertiary/aromatic N) is 3. The van der Waals surface area contributed by atoms with Gasteiger partial charge in [-0.25, -0.2) is 9.97 Å². The second-order valence-corrected chi connectivity index (χ2v) is 5.40. The Kier molecular flexibility index (Phi) is 3.45. The van der Waals surface area contributed by atoms with Crippen molar-refractivity contribution >= 4 is 16.6 Å². The molecule has 0 unspecified atom stereocenters. The van der Waals surface area contributed by atoms with E-state index in [-0.39, 0.29) is 0 Å². The van der Waals surface area contributed by atoms with Gasteiger partial charge in [0.15, 0.2) is 5.82 Å². The molecule has 4 nitrogen and oxygen atoms in total. The van der Waals surface area contributed by atoms with Crippen molar-refractivity contribution in [2.45, 2.75) is 0 Å². The summed E-state index contributed by atoms with van der Waals surface area (Å²) in [4.78, 5) is 11.5. The Labute approximate surface area is 129 Å². The minimum atomic E-state index is 0.771. The minimum absolute atomic E-state index is 0.771. The molecule has 1 fully saturated rings. The van der Waals surface area contributed by atoms with Crippen molar-refractivity contribution in [1.29, 1.82) is 0 Å². The number of benzene rings is 2. The first-order valence-corrected chi connectivity index (χ1v) is 7.55. The molecule has 1 aliphatic heterocycles. The van der Waals surface area contributed by atoms with Gasteiger partial charge in [0.05, 0.1) is 18.7 Å². The van der Waals surface area contributed by atoms with Crippen molar-refractivity contribution in [1.82, 2.24) is 9.97 Å². The summed E-state index contributed by atoms with van der Waals surface area (Å²) >= 11 is 0. The highest BCUT2D eigenvalue weighted by Crippen LogP contribution is 2.22. The number of ether oxygens (including phenoxy) is 1. The molecule has 0 radical (unpaired) electrons. The molecule has 1 aromatic heterocycles. The van der Waals surface area contributed by atoms with E-state index in [1.54, 1.807) is 0 Å². The number of aromatic nitrogens is 2. The van der Waals surface area contributed by atoms with E-state index in [1.807, 2.05) is 30.5 Å². The van der Waals surface area contributed by atoms with Gasteiger partial charge in [-0.1, -0.05) is 18.2 Å². The third-order valence-corrected chi connectivity index (χ3v) is 3.99. The number of para-hydroxylation sites is 1. The fourth-order valence-corrected chi connectivity index (χ4v) is 2.75. The van der Waals surface area contributed by atoms with Gasteiger partial charge in [-0.05, 0) is 30.3 Å². The van der Waals surface area contributed by atoms with Crippen LogP contribution in [0.25, 0.3) is 22.3 Å². The van der Waals surface area contributed by atoms with Crippen LogP contribution in [0.4, 0.5) is 5.69 Å². The van der Waals surface area contributed by atoms with Crippen LogP contribution in [0.1, 0.15) is 0 Å². The van der Waals surface area contributed by atoms with Gasteiger partial charge in [-0.3, -0.25) is 0 Å². The molecule has 0 atom stereocenters. The topological polar surface area (TPSA) is 38.2 Å². The fourth-order valence-electron chi connectivity index (χ4n) is 2.75. The largest absolute Gasteiger partial charge is 0.378 e. The van der Waals surface area contributed by atoms with Crippen molar-refractivity contribution < 1.29 is 4.74 Å². The van der Waals surface area contributed by atoms with E-state index in [0.29, 0.717) is 0 Å². The Hall–Kier alpha value is -2.46. The van der Waals surface area contributed by atoms with E-state index in [1.165, 1.54) is 5.69 Å². The maximum Gasteiger partial charge on any atom is 0.159 e. The Morgan fingerprint density at radius 3 is 2.50 bits per heavy atom. The minimum Gasteiger partial charge on any atom is -0.378 e. The first kappa shape index (κ1) is 13.2. The summed E-state index contributed by atoms with van der Waals surface area (Å²) in [5.41, 5.74) is 3.25. The highest BCUT2D eigenvalue weighted by atomic mass is 16.5. The molecule has 0 aliphatic carbocycles. The fraction of sp³-hybridized carbons (Fsp3) is 0.222. The average Bonchev–Trinajstić information content (AvgIpc) is 2.62. The van der Waals surface area contributed by atoms with Crippen LogP contribution in [-0.2, 0) is 4.74 Å². The number of rotatable bonds is 2. The van der Waals surface area contributed by atoms with E-state index in [0.717, 1.165) is 48.6 Å². The van der Waals surface area contributed by atoms with Crippen molar-refractivity contribution in [3.05, 3.63) is 54.7 Å². The first-order chi connectivity index (χ1) is 10.9. The molecule has 0 N–H and O–H groups in total. The monoisotopic (exact) mass is 291 g/mol. The van der Waals surface area contributed by atoms with Gasteiger partial charge in [-0.2, -0.15) is 0 Å². The third-order valence-electron chi connectivity index (χ3n) is 3.99. The SMILES string of the molecule is c1ccc2nc(-c3ccc(N4CCOCC4)cc3)ncc2c1. The summed E-state index contributed by atoms with van der Waals surface area (Å²) in [5.74, 6) is 0.771. The number of hydrogen-bond acceptors (Lipinski definition) is 4. The van der Waals surface area contributed by atoms with Gasteiger partial charge in [0.1, 0.15) is 0 Å². The first-order valence-electron chi connectivity index (χ1n) is 7.55. The molecule has 110 valence electrons. The zero-order valence-electron chi connectivity index (χ0n) is 12.3. The molecular formula is C18H17N3O. The lowest BCUT2D eigenvalue weighted by Gasteiger charge is -2.28. The van der Waals surface area contributed by atoms with E-state index in [2.05, 4.69) is 39.1 Å². The Morgan fingerprint density at radius 1 is 0.909 bits per heavy atom. The molecule has 0 spiro atoms. The van der Waals surface area contributed by atoms with Gasteiger partial charge in [0, 0.05) is 35.9 Å². The molecule has 3 aromatic rings. The predicted molar refractivity (Wildman–Crippen MR) is 88.0 cm³/mol. The number of hydrogen-bond donors (Lipinski definition) is 0. The van der Waals surface area contributed by atoms with Crippen LogP contribution in [0.5, 0.6) is 0 Å². The molecule has 0 bridgehead atoms. The normalized spacial score (nSPS) is 15.2. The summed E-state index contributed by atoms with van der Waals surface area (Å²) in [6.07, 6.45) is 1.88. The van der Waals surface area contributed by atoms with E-state index in [4.69, 9.17) is 4.74 Å². The smallest absolute Gasteiger partial charge is 0.159 e. The van der Waals surface area contributed by atoms with Gasteiger partial charge >= 0.3 is 0 Å². The number of fused-ring (bicyclic) bond motifs is 1. The highest BCUT2D eigenvalue weighted by molar-refractivity contribution is 5.79. The molecule has 2 aromatic carbocycles. The molecule has 4 rings (SSSR count). The summed E-state index contributed by atoms with van der Waals surface area (Å²) in [7, 11) is 0. The quantitative estimate of drug-likeness (QED) is 0.727. The maximum atomic E-state index is 5.39. The lowest BCUT2D eigenvalue weighted by molar-refractivity contribution is 0.122. The molecule has 0 amide bonds. The van der Waals surface area contributed by atoms with Crippen molar-refractivity contribution in [2.75, 3.05) is 31.2 Å². The van der Waals surface area contributed by atoms with Crippen LogP contribution in [0.2, 0.25) is 0 Å². The zero-order chi connectivity index (χ0) is 14.8. The van der Waals surface area contributed by atoms with Crippen LogP contribution in [-0.4, -0.2) is 36.3 Å². The number of morpholine rings is 1. The second-order valence-electron chi connectivity index (χ2n) is 5.40. The van der Waals surface area contributed by atoms with Crippen LogP contribution in [0, 0.1) is 0 Å². The summed E-state index contributed by atoms with van der Waals surface area (Å²) in [6, 6.07) is 16.5. The van der Waals surface area contributed by atoms with Crippen molar-refractivity contribution in [2.24, 2.45) is 0 Å². The molecule has 22 heavy (non-hydrogen) atoms. The van der Waals surface area contributed by atoms with Crippen molar-refractivity contribution in [3.8, 4) is 11.4 Å². The Balaban J connectivity index is 1.63. The Bertz CT molecular complexity index is 780. The summed E-state index contributed by atoms with van der Waals surface area (Å²) < 4.78 is 5.39. The van der Waals surface area contributed by atoms with E-state index in [9.17, 15) is 0 Å². The van der Waals surface area contributed by atoms with E-state index < -0.39 is 0 Å². The second kappa shape index (κ2) is 5.73. The molecule has 1 saturated heterocycles. The van der Waals surface area contributed by atoms with Crippen LogP contribution < -0.4 is 4.90 Å². The summed E-state index contributed by atoms with van der Waals surface area (Å²) in [5, 5.41) is 1.07. The predicted octanol–water partition coefficient (Wildman–Crippen LogP) is 3.13. The van der Waals surface area contributed by atoms with Gasteiger partial charge < -0.3 is 9.64 Å². The van der Waals surface area contributed by atoms with Gasteiger partial charge in [0.2, 0.25) is 0 Å². The highest BCUT2D eigenvalue weighted by Gasteiger charge is 2.11. The van der Waals surface area contributed by atoms with Gasteiger partial charge in [0.25, 0.3) is 0 Å². The maximum absolute atomic E-state index is 5.39. The molecular weight excluding hydrogens is 274 g/mol. The van der Waals surface area contributed by atoms with Crippen LogP contribution >= 0.6 is 0 Å². The lowest BCUT2D eigenvalue weighted by Crippen LogP contribution is -2.36. The van der Waals surface area contributed by atoms with Crippen molar-refractivity contribution in [3.63, 3.8) is 0 Å². The molecule has 1 aliphatic rings. The van der Waals surface area contributed by atoms with Crippen LogP contribution in [0.15, 0.2) is 54.7 Å².